The minimum absolute atomic E-state index is 0.0664. The smallest absolute Gasteiger partial charge is 0.295 e. The van der Waals surface area contributed by atoms with E-state index in [1.165, 1.54) is 4.90 Å². The fourth-order valence-corrected chi connectivity index (χ4v) is 2.83. The summed E-state index contributed by atoms with van der Waals surface area (Å²) in [6, 6.07) is 7.26. The summed E-state index contributed by atoms with van der Waals surface area (Å²) in [5.74, 6) is -1.26. The van der Waals surface area contributed by atoms with Gasteiger partial charge in [-0.05, 0) is 19.9 Å². The van der Waals surface area contributed by atoms with E-state index in [9.17, 15) is 14.4 Å². The Hall–Kier alpha value is -2.67. The van der Waals surface area contributed by atoms with E-state index in [1.54, 1.807) is 23.9 Å². The Morgan fingerprint density at radius 3 is 2.50 bits per heavy atom. The van der Waals surface area contributed by atoms with Crippen molar-refractivity contribution >= 4 is 28.5 Å². The van der Waals surface area contributed by atoms with E-state index in [1.807, 2.05) is 32.0 Å². The number of aromatic nitrogens is 1. The van der Waals surface area contributed by atoms with Gasteiger partial charge in [-0.1, -0.05) is 18.2 Å². The van der Waals surface area contributed by atoms with E-state index in [-0.39, 0.29) is 12.5 Å². The average Bonchev–Trinajstić information content (AvgIpc) is 3.01. The highest BCUT2D eigenvalue weighted by Crippen LogP contribution is 2.22. The van der Waals surface area contributed by atoms with Gasteiger partial charge in [0.15, 0.2) is 0 Å². The molecule has 1 heterocycles. The van der Waals surface area contributed by atoms with Crippen molar-refractivity contribution in [3.8, 4) is 0 Å². The average molecular weight is 359 g/mol. The number of ketones is 1. The van der Waals surface area contributed by atoms with Gasteiger partial charge in [0.25, 0.3) is 11.7 Å². The number of benzene rings is 1. The molecule has 0 bridgehead atoms. The standard InChI is InChI=1S/C19H25N3O4/c1-4-21(5-2)19(25)18(24)15-12-22(13-17(23)20-10-11-26-3)16-9-7-6-8-14(15)16/h6-9,12H,4-5,10-11,13H2,1-3H3,(H,20,23). The molecule has 0 saturated carbocycles. The number of nitrogens with zero attached hydrogens (tertiary/aromatic N) is 2. The molecular formula is C19H25N3O4. The normalized spacial score (nSPS) is 10.7. The van der Waals surface area contributed by atoms with Gasteiger partial charge in [-0.3, -0.25) is 14.4 Å². The van der Waals surface area contributed by atoms with E-state index in [2.05, 4.69) is 5.32 Å². The van der Waals surface area contributed by atoms with Crippen molar-refractivity contribution in [3.63, 3.8) is 0 Å². The van der Waals surface area contributed by atoms with Crippen LogP contribution in [0.25, 0.3) is 10.9 Å². The molecule has 0 atom stereocenters. The van der Waals surface area contributed by atoms with Crippen LogP contribution in [0, 0.1) is 0 Å². The Bertz CT molecular complexity index is 793. The van der Waals surface area contributed by atoms with Gasteiger partial charge in [0, 0.05) is 43.8 Å². The lowest BCUT2D eigenvalue weighted by molar-refractivity contribution is -0.126. The van der Waals surface area contributed by atoms with Crippen LogP contribution < -0.4 is 5.32 Å². The van der Waals surface area contributed by atoms with Crippen LogP contribution in [0.1, 0.15) is 24.2 Å². The van der Waals surface area contributed by atoms with Crippen molar-refractivity contribution in [2.24, 2.45) is 0 Å². The number of methoxy groups -OCH3 is 1. The molecule has 0 spiro atoms. The van der Waals surface area contributed by atoms with Gasteiger partial charge in [0.05, 0.1) is 12.2 Å². The Morgan fingerprint density at radius 1 is 1.15 bits per heavy atom. The summed E-state index contributed by atoms with van der Waals surface area (Å²) < 4.78 is 6.60. The monoisotopic (exact) mass is 359 g/mol. The Morgan fingerprint density at radius 2 is 1.85 bits per heavy atom. The first-order valence-corrected chi connectivity index (χ1v) is 8.70. The predicted molar refractivity (Wildman–Crippen MR) is 99.1 cm³/mol. The third-order valence-electron chi connectivity index (χ3n) is 4.22. The maximum absolute atomic E-state index is 12.7. The molecule has 7 heteroatoms. The maximum atomic E-state index is 12.7. The molecule has 0 radical (unpaired) electrons. The van der Waals surface area contributed by atoms with E-state index < -0.39 is 11.7 Å². The van der Waals surface area contributed by atoms with Gasteiger partial charge in [0.2, 0.25) is 5.91 Å². The zero-order chi connectivity index (χ0) is 19.1. The van der Waals surface area contributed by atoms with Crippen LogP contribution in [-0.4, -0.2) is 60.4 Å². The molecule has 1 aromatic carbocycles. The van der Waals surface area contributed by atoms with Crippen molar-refractivity contribution in [1.29, 1.82) is 0 Å². The number of likely N-dealkylation sites (N-methyl/N-ethyl adjacent to an activating group) is 1. The fourth-order valence-electron chi connectivity index (χ4n) is 2.83. The Labute approximate surface area is 152 Å². The Kier molecular flexibility index (Phi) is 6.91. The Balaban J connectivity index is 2.30. The quantitative estimate of drug-likeness (QED) is 0.417. The molecule has 140 valence electrons. The first-order chi connectivity index (χ1) is 12.5. The van der Waals surface area contributed by atoms with Crippen LogP contribution in [0.5, 0.6) is 0 Å². The first kappa shape index (κ1) is 19.7. The number of para-hydroxylation sites is 1. The van der Waals surface area contributed by atoms with Crippen molar-refractivity contribution in [3.05, 3.63) is 36.0 Å². The highest BCUT2D eigenvalue weighted by atomic mass is 16.5. The molecule has 2 amide bonds. The number of nitrogens with one attached hydrogen (secondary N) is 1. The summed E-state index contributed by atoms with van der Waals surface area (Å²) in [6.45, 7) is 5.53. The zero-order valence-electron chi connectivity index (χ0n) is 15.4. The van der Waals surface area contributed by atoms with Crippen LogP contribution in [0.15, 0.2) is 30.5 Å². The largest absolute Gasteiger partial charge is 0.383 e. The molecule has 2 rings (SSSR count). The summed E-state index contributed by atoms with van der Waals surface area (Å²) in [7, 11) is 1.57. The van der Waals surface area contributed by atoms with E-state index in [0.717, 1.165) is 5.52 Å². The number of amides is 2. The molecule has 7 nitrogen and oxygen atoms in total. The number of carbonyl (C=O) groups excluding carboxylic acids is 3. The summed E-state index contributed by atoms with van der Waals surface area (Å²) in [6.07, 6.45) is 1.59. The van der Waals surface area contributed by atoms with Crippen molar-refractivity contribution in [2.75, 3.05) is 33.4 Å². The molecule has 0 aliphatic rings. The summed E-state index contributed by atoms with van der Waals surface area (Å²) in [5.41, 5.74) is 1.06. The third-order valence-corrected chi connectivity index (χ3v) is 4.22. The lowest BCUT2D eigenvalue weighted by Gasteiger charge is -2.17. The van der Waals surface area contributed by atoms with Crippen LogP contribution >= 0.6 is 0 Å². The second-order valence-electron chi connectivity index (χ2n) is 5.84. The second-order valence-corrected chi connectivity index (χ2v) is 5.84. The van der Waals surface area contributed by atoms with Gasteiger partial charge < -0.3 is 19.5 Å². The van der Waals surface area contributed by atoms with Crippen LogP contribution in [0.2, 0.25) is 0 Å². The highest BCUT2D eigenvalue weighted by molar-refractivity contribution is 6.44. The third kappa shape index (κ3) is 4.29. The van der Waals surface area contributed by atoms with Gasteiger partial charge in [-0.2, -0.15) is 0 Å². The van der Waals surface area contributed by atoms with Crippen LogP contribution in [-0.2, 0) is 20.9 Å². The topological polar surface area (TPSA) is 80.6 Å². The maximum Gasteiger partial charge on any atom is 0.295 e. The number of hydrogen-bond acceptors (Lipinski definition) is 4. The molecule has 0 unspecified atom stereocenters. The van der Waals surface area contributed by atoms with Gasteiger partial charge in [-0.25, -0.2) is 0 Å². The molecule has 1 N–H and O–H groups in total. The highest BCUT2D eigenvalue weighted by Gasteiger charge is 2.25. The van der Waals surface area contributed by atoms with E-state index in [0.29, 0.717) is 37.2 Å². The minimum Gasteiger partial charge on any atom is -0.383 e. The molecule has 26 heavy (non-hydrogen) atoms. The zero-order valence-corrected chi connectivity index (χ0v) is 15.4. The molecule has 0 aliphatic heterocycles. The number of carbonyl (C=O) groups is 3. The fraction of sp³-hybridized carbons (Fsp3) is 0.421. The molecule has 2 aromatic rings. The molecule has 1 aromatic heterocycles. The lowest BCUT2D eigenvalue weighted by atomic mass is 10.1. The number of ether oxygens (including phenoxy) is 1. The van der Waals surface area contributed by atoms with Crippen LogP contribution in [0.3, 0.4) is 0 Å². The van der Waals surface area contributed by atoms with Crippen LogP contribution in [0.4, 0.5) is 0 Å². The van der Waals surface area contributed by atoms with E-state index in [4.69, 9.17) is 4.74 Å². The second kappa shape index (κ2) is 9.15. The summed E-state index contributed by atoms with van der Waals surface area (Å²) in [4.78, 5) is 38.7. The molecule has 0 aliphatic carbocycles. The van der Waals surface area contributed by atoms with Gasteiger partial charge in [0.1, 0.15) is 6.54 Å². The predicted octanol–water partition coefficient (Wildman–Crippen LogP) is 1.46. The number of hydrogen-bond donors (Lipinski definition) is 1. The minimum atomic E-state index is -0.552. The summed E-state index contributed by atoms with van der Waals surface area (Å²) in [5, 5.41) is 3.42. The SMILES string of the molecule is CCN(CC)C(=O)C(=O)c1cn(CC(=O)NCCOC)c2ccccc12. The van der Waals surface area contributed by atoms with Gasteiger partial charge >= 0.3 is 0 Å². The van der Waals surface area contributed by atoms with Crippen molar-refractivity contribution < 1.29 is 19.1 Å². The van der Waals surface area contributed by atoms with Crippen molar-refractivity contribution in [1.82, 2.24) is 14.8 Å². The van der Waals surface area contributed by atoms with Crippen molar-refractivity contribution in [2.45, 2.75) is 20.4 Å². The number of fused-ring (bicyclic) bond motifs is 1. The lowest BCUT2D eigenvalue weighted by Crippen LogP contribution is -2.36. The first-order valence-electron chi connectivity index (χ1n) is 8.70. The van der Waals surface area contributed by atoms with E-state index >= 15 is 0 Å². The van der Waals surface area contributed by atoms with Gasteiger partial charge in [-0.15, -0.1) is 0 Å². The summed E-state index contributed by atoms with van der Waals surface area (Å²) >= 11 is 0. The molecular weight excluding hydrogens is 334 g/mol. The molecule has 0 fully saturated rings. The molecule has 0 saturated heterocycles. The number of Topliss-reactive ketones (excluding diaryl/α,β-unsaturated/α-hetero) is 1. The number of rotatable bonds is 9.